The van der Waals surface area contributed by atoms with Gasteiger partial charge in [-0.2, -0.15) is 0 Å². The molecule has 0 radical (unpaired) electrons. The number of anilines is 1. The Morgan fingerprint density at radius 3 is 2.40 bits per heavy atom. The summed E-state index contributed by atoms with van der Waals surface area (Å²) in [5.74, 6) is 4.96. The Morgan fingerprint density at radius 1 is 1.00 bits per heavy atom. The number of nitrogens with zero attached hydrogens (tertiary/aromatic N) is 3. The number of nitrogens with one attached hydrogen (secondary N) is 1. The molecule has 3 heterocycles. The zero-order chi connectivity index (χ0) is 13.1. The summed E-state index contributed by atoms with van der Waals surface area (Å²) in [6.07, 6.45) is 9.57. The fraction of sp³-hybridized carbons (Fsp3) is 0.625. The maximum Gasteiger partial charge on any atom is 0.142 e. The summed E-state index contributed by atoms with van der Waals surface area (Å²) in [5.41, 5.74) is 0.966. The molecular formula is C16H20N4. The normalized spacial score (nSPS) is 35.7. The summed E-state index contributed by atoms with van der Waals surface area (Å²) < 4.78 is 0. The van der Waals surface area contributed by atoms with Crippen LogP contribution < -0.4 is 4.90 Å². The highest BCUT2D eigenvalue weighted by Gasteiger charge is 2.48. The summed E-state index contributed by atoms with van der Waals surface area (Å²) in [5, 5.41) is 1.18. The highest BCUT2D eigenvalue weighted by molar-refractivity contribution is 5.87. The quantitative estimate of drug-likeness (QED) is 0.865. The van der Waals surface area contributed by atoms with Gasteiger partial charge in [0.15, 0.2) is 0 Å². The number of aromatic amines is 1. The molecule has 2 bridgehead atoms. The highest BCUT2D eigenvalue weighted by Crippen LogP contribution is 2.52. The van der Waals surface area contributed by atoms with E-state index in [0.717, 1.165) is 35.1 Å². The van der Waals surface area contributed by atoms with E-state index >= 15 is 0 Å². The average molecular weight is 268 g/mol. The summed E-state index contributed by atoms with van der Waals surface area (Å²) in [6, 6.07) is 2.11. The lowest BCUT2D eigenvalue weighted by Crippen LogP contribution is -2.38. The fourth-order valence-corrected chi connectivity index (χ4v) is 5.14. The number of hydrogen-bond donors (Lipinski definition) is 1. The molecule has 4 aliphatic rings. The van der Waals surface area contributed by atoms with E-state index in [4.69, 9.17) is 0 Å². The number of fused-ring (bicyclic) bond motifs is 3. The molecule has 4 heteroatoms. The number of aromatic nitrogens is 3. The lowest BCUT2D eigenvalue weighted by Gasteiger charge is -2.44. The van der Waals surface area contributed by atoms with E-state index in [0.29, 0.717) is 0 Å². The first-order valence-corrected chi connectivity index (χ1v) is 7.93. The van der Waals surface area contributed by atoms with Crippen molar-refractivity contribution >= 4 is 16.9 Å². The van der Waals surface area contributed by atoms with Crippen molar-refractivity contribution in [3.8, 4) is 0 Å². The van der Waals surface area contributed by atoms with E-state index in [2.05, 4.69) is 25.9 Å². The Balaban J connectivity index is 1.53. The molecule has 2 aromatic rings. The maximum atomic E-state index is 4.58. The van der Waals surface area contributed by atoms with Gasteiger partial charge in [0.1, 0.15) is 17.8 Å². The molecule has 3 aliphatic carbocycles. The second-order valence-corrected chi connectivity index (χ2v) is 6.84. The molecule has 6 rings (SSSR count). The standard InChI is InChI=1S/C16H20N4/c1-2-11-4-3-10(1)13-7-20(8-14(11)13)16-12-5-6-17-15(12)18-9-19-16/h5-6,9-11,13-14H,1-4,7-8H2,(H,17,18,19)/t10?,11?,13-,14+. The van der Waals surface area contributed by atoms with Crippen molar-refractivity contribution in [2.45, 2.75) is 25.7 Å². The van der Waals surface area contributed by atoms with Crippen LogP contribution in [0.1, 0.15) is 25.7 Å². The number of H-pyrrole nitrogens is 1. The zero-order valence-corrected chi connectivity index (χ0v) is 11.6. The SMILES string of the molecule is c1nc(N2C[C@@H]3C4CCC(CC4)[C@@H]3C2)c2cc[nH]c2n1. The zero-order valence-electron chi connectivity index (χ0n) is 11.6. The van der Waals surface area contributed by atoms with Crippen molar-refractivity contribution in [3.05, 3.63) is 18.6 Å². The van der Waals surface area contributed by atoms with Gasteiger partial charge in [0.2, 0.25) is 0 Å². The van der Waals surface area contributed by atoms with Crippen molar-refractivity contribution in [1.29, 1.82) is 0 Å². The van der Waals surface area contributed by atoms with Crippen molar-refractivity contribution in [2.24, 2.45) is 23.7 Å². The van der Waals surface area contributed by atoms with Crippen molar-refractivity contribution < 1.29 is 0 Å². The van der Waals surface area contributed by atoms with Crippen LogP contribution >= 0.6 is 0 Å². The van der Waals surface area contributed by atoms with E-state index in [1.165, 1.54) is 44.2 Å². The predicted octanol–water partition coefficient (Wildman–Crippen LogP) is 2.83. The van der Waals surface area contributed by atoms with Crippen LogP contribution in [0, 0.1) is 23.7 Å². The van der Waals surface area contributed by atoms with Gasteiger partial charge in [-0.25, -0.2) is 9.97 Å². The monoisotopic (exact) mass is 268 g/mol. The first-order valence-electron chi connectivity index (χ1n) is 7.93. The third-order valence-corrected chi connectivity index (χ3v) is 6.07. The molecule has 2 aromatic heterocycles. The van der Waals surface area contributed by atoms with Gasteiger partial charge in [-0.1, -0.05) is 0 Å². The average Bonchev–Trinajstić information content (AvgIpc) is 3.15. The summed E-state index contributed by atoms with van der Waals surface area (Å²) in [4.78, 5) is 14.6. The van der Waals surface area contributed by atoms with Gasteiger partial charge in [0, 0.05) is 19.3 Å². The molecule has 1 aliphatic heterocycles. The third-order valence-electron chi connectivity index (χ3n) is 6.07. The van der Waals surface area contributed by atoms with Crippen LogP contribution in [0.3, 0.4) is 0 Å². The van der Waals surface area contributed by atoms with Crippen molar-refractivity contribution in [3.63, 3.8) is 0 Å². The Bertz CT molecular complexity index is 621. The molecule has 0 aromatic carbocycles. The van der Waals surface area contributed by atoms with Gasteiger partial charge < -0.3 is 9.88 Å². The van der Waals surface area contributed by atoms with E-state index in [-0.39, 0.29) is 0 Å². The Morgan fingerprint density at radius 2 is 1.70 bits per heavy atom. The number of rotatable bonds is 1. The molecule has 4 fully saturated rings. The summed E-state index contributed by atoms with van der Waals surface area (Å²) in [7, 11) is 0. The Labute approximate surface area is 118 Å². The van der Waals surface area contributed by atoms with Gasteiger partial charge in [-0.15, -0.1) is 0 Å². The van der Waals surface area contributed by atoms with Crippen LogP contribution in [0.2, 0.25) is 0 Å². The first-order chi connectivity index (χ1) is 9.90. The molecule has 0 unspecified atom stereocenters. The van der Waals surface area contributed by atoms with Gasteiger partial charge in [0.25, 0.3) is 0 Å². The minimum absolute atomic E-state index is 0.923. The van der Waals surface area contributed by atoms with E-state index < -0.39 is 0 Å². The molecule has 20 heavy (non-hydrogen) atoms. The molecule has 4 nitrogen and oxygen atoms in total. The predicted molar refractivity (Wildman–Crippen MR) is 78.5 cm³/mol. The maximum absolute atomic E-state index is 4.58. The van der Waals surface area contributed by atoms with Crippen LogP contribution in [0.5, 0.6) is 0 Å². The third kappa shape index (κ3) is 1.42. The minimum atomic E-state index is 0.923. The molecule has 104 valence electrons. The molecule has 2 atom stereocenters. The van der Waals surface area contributed by atoms with E-state index in [1.54, 1.807) is 6.33 Å². The number of hydrogen-bond acceptors (Lipinski definition) is 3. The van der Waals surface area contributed by atoms with Gasteiger partial charge >= 0.3 is 0 Å². The lowest BCUT2D eigenvalue weighted by atomic mass is 9.60. The summed E-state index contributed by atoms with van der Waals surface area (Å²) >= 11 is 0. The molecular weight excluding hydrogens is 248 g/mol. The van der Waals surface area contributed by atoms with Crippen LogP contribution in [0.15, 0.2) is 18.6 Å². The highest BCUT2D eigenvalue weighted by atomic mass is 15.2. The van der Waals surface area contributed by atoms with Gasteiger partial charge in [-0.3, -0.25) is 0 Å². The van der Waals surface area contributed by atoms with Crippen molar-refractivity contribution in [1.82, 2.24) is 15.0 Å². The van der Waals surface area contributed by atoms with Gasteiger partial charge in [-0.05, 0) is 55.4 Å². The van der Waals surface area contributed by atoms with E-state index in [1.807, 2.05) is 6.20 Å². The largest absolute Gasteiger partial charge is 0.355 e. The molecule has 1 N–H and O–H groups in total. The molecule has 1 saturated heterocycles. The smallest absolute Gasteiger partial charge is 0.142 e. The lowest BCUT2D eigenvalue weighted by molar-refractivity contribution is 0.0577. The second kappa shape index (κ2) is 3.96. The van der Waals surface area contributed by atoms with E-state index in [9.17, 15) is 0 Å². The van der Waals surface area contributed by atoms with Crippen LogP contribution in [-0.2, 0) is 0 Å². The molecule has 3 saturated carbocycles. The topological polar surface area (TPSA) is 44.8 Å². The Kier molecular flexibility index (Phi) is 2.20. The Hall–Kier alpha value is -1.58. The second-order valence-electron chi connectivity index (χ2n) is 6.84. The van der Waals surface area contributed by atoms with Crippen LogP contribution in [-0.4, -0.2) is 28.0 Å². The van der Waals surface area contributed by atoms with Crippen molar-refractivity contribution in [2.75, 3.05) is 18.0 Å². The fourth-order valence-electron chi connectivity index (χ4n) is 5.14. The van der Waals surface area contributed by atoms with Gasteiger partial charge in [0.05, 0.1) is 5.39 Å². The molecule has 0 spiro atoms. The van der Waals surface area contributed by atoms with Crippen LogP contribution in [0.4, 0.5) is 5.82 Å². The minimum Gasteiger partial charge on any atom is -0.355 e. The van der Waals surface area contributed by atoms with Crippen LogP contribution in [0.25, 0.3) is 11.0 Å². The molecule has 0 amide bonds. The summed E-state index contributed by atoms with van der Waals surface area (Å²) in [6.45, 7) is 2.42. The first kappa shape index (κ1) is 11.1.